The van der Waals surface area contributed by atoms with E-state index in [9.17, 15) is 9.18 Å². The van der Waals surface area contributed by atoms with E-state index in [-0.39, 0.29) is 16.9 Å². The first-order chi connectivity index (χ1) is 11.6. The van der Waals surface area contributed by atoms with Gasteiger partial charge in [0, 0.05) is 19.3 Å². The molecule has 2 aromatic rings. The fraction of sp³-hybridized carbons (Fsp3) is 0.294. The Bertz CT molecular complexity index is 722. The van der Waals surface area contributed by atoms with Gasteiger partial charge in [0.15, 0.2) is 5.15 Å². The summed E-state index contributed by atoms with van der Waals surface area (Å²) < 4.78 is 19.0. The van der Waals surface area contributed by atoms with Gasteiger partial charge in [0.1, 0.15) is 11.9 Å². The Hall–Kier alpha value is -2.02. The quantitative estimate of drug-likeness (QED) is 0.862. The molecule has 1 fully saturated rings. The molecule has 126 valence electrons. The second-order valence-corrected chi connectivity index (χ2v) is 5.79. The Kier molecular flexibility index (Phi) is 5.40. The molecule has 0 bridgehead atoms. The SMILES string of the molecule is O=C(Nc1cccnc1Cl)[C@H](c1cccc(F)c1)N1CCOCC1. The summed E-state index contributed by atoms with van der Waals surface area (Å²) in [5.74, 6) is -0.657. The van der Waals surface area contributed by atoms with E-state index in [0.29, 0.717) is 37.6 Å². The zero-order chi connectivity index (χ0) is 16.9. The van der Waals surface area contributed by atoms with Crippen LogP contribution in [0.4, 0.5) is 10.1 Å². The molecule has 1 atom stereocenters. The van der Waals surface area contributed by atoms with Gasteiger partial charge in [-0.05, 0) is 29.8 Å². The Morgan fingerprint density at radius 2 is 2.08 bits per heavy atom. The molecule has 1 aromatic heterocycles. The van der Waals surface area contributed by atoms with E-state index in [1.165, 1.54) is 12.1 Å². The van der Waals surface area contributed by atoms with Gasteiger partial charge in [-0.1, -0.05) is 23.7 Å². The van der Waals surface area contributed by atoms with Crippen LogP contribution in [0.5, 0.6) is 0 Å². The number of nitrogens with one attached hydrogen (secondary N) is 1. The molecule has 0 radical (unpaired) electrons. The third-order valence-electron chi connectivity index (χ3n) is 3.84. The molecule has 24 heavy (non-hydrogen) atoms. The normalized spacial score (nSPS) is 16.6. The van der Waals surface area contributed by atoms with Crippen molar-refractivity contribution in [1.29, 1.82) is 0 Å². The van der Waals surface area contributed by atoms with Crippen molar-refractivity contribution in [3.05, 3.63) is 59.1 Å². The van der Waals surface area contributed by atoms with Gasteiger partial charge in [0.05, 0.1) is 18.9 Å². The van der Waals surface area contributed by atoms with Gasteiger partial charge in [-0.25, -0.2) is 9.37 Å². The monoisotopic (exact) mass is 349 g/mol. The van der Waals surface area contributed by atoms with Crippen molar-refractivity contribution in [3.63, 3.8) is 0 Å². The molecule has 1 amide bonds. The van der Waals surface area contributed by atoms with Crippen LogP contribution in [0.15, 0.2) is 42.6 Å². The summed E-state index contributed by atoms with van der Waals surface area (Å²) in [6.45, 7) is 2.25. The number of anilines is 1. The second-order valence-electron chi connectivity index (χ2n) is 5.44. The van der Waals surface area contributed by atoms with Gasteiger partial charge in [-0.2, -0.15) is 0 Å². The van der Waals surface area contributed by atoms with E-state index in [0.717, 1.165) is 0 Å². The molecular formula is C17H17ClFN3O2. The Labute approximate surface area is 144 Å². The molecule has 1 saturated heterocycles. The number of halogens is 2. The molecule has 1 N–H and O–H groups in total. The summed E-state index contributed by atoms with van der Waals surface area (Å²) in [6, 6.07) is 8.82. The summed E-state index contributed by atoms with van der Waals surface area (Å²) in [5, 5.41) is 3.00. The van der Waals surface area contributed by atoms with E-state index in [2.05, 4.69) is 10.3 Å². The van der Waals surface area contributed by atoms with Crippen LogP contribution in [0.3, 0.4) is 0 Å². The van der Waals surface area contributed by atoms with E-state index in [4.69, 9.17) is 16.3 Å². The van der Waals surface area contributed by atoms with E-state index in [1.807, 2.05) is 4.90 Å². The number of pyridine rings is 1. The summed E-state index contributed by atoms with van der Waals surface area (Å²) >= 11 is 6.01. The van der Waals surface area contributed by atoms with Gasteiger partial charge in [0.25, 0.3) is 0 Å². The maximum absolute atomic E-state index is 13.6. The number of nitrogens with zero attached hydrogens (tertiary/aromatic N) is 2. The number of hydrogen-bond donors (Lipinski definition) is 1. The topological polar surface area (TPSA) is 54.5 Å². The molecule has 0 spiro atoms. The average molecular weight is 350 g/mol. The highest BCUT2D eigenvalue weighted by Crippen LogP contribution is 2.26. The van der Waals surface area contributed by atoms with Crippen LogP contribution in [-0.4, -0.2) is 42.1 Å². The Morgan fingerprint density at radius 3 is 2.79 bits per heavy atom. The lowest BCUT2D eigenvalue weighted by Gasteiger charge is -2.33. The van der Waals surface area contributed by atoms with Crippen LogP contribution in [-0.2, 0) is 9.53 Å². The van der Waals surface area contributed by atoms with Crippen LogP contribution in [0.1, 0.15) is 11.6 Å². The lowest BCUT2D eigenvalue weighted by molar-refractivity contribution is -0.123. The van der Waals surface area contributed by atoms with E-state index in [1.54, 1.807) is 30.5 Å². The van der Waals surface area contributed by atoms with Crippen LogP contribution in [0.2, 0.25) is 5.15 Å². The molecule has 1 aromatic carbocycles. The van der Waals surface area contributed by atoms with Crippen molar-refractivity contribution < 1.29 is 13.9 Å². The van der Waals surface area contributed by atoms with Crippen molar-refractivity contribution in [3.8, 4) is 0 Å². The van der Waals surface area contributed by atoms with Crippen LogP contribution in [0.25, 0.3) is 0 Å². The maximum Gasteiger partial charge on any atom is 0.246 e. The van der Waals surface area contributed by atoms with Gasteiger partial charge < -0.3 is 10.1 Å². The molecule has 3 rings (SSSR count). The number of hydrogen-bond acceptors (Lipinski definition) is 4. The highest BCUT2D eigenvalue weighted by molar-refractivity contribution is 6.32. The predicted molar refractivity (Wildman–Crippen MR) is 89.4 cm³/mol. The first kappa shape index (κ1) is 16.8. The van der Waals surface area contributed by atoms with Crippen molar-refractivity contribution in [2.24, 2.45) is 0 Å². The lowest BCUT2D eigenvalue weighted by Crippen LogP contribution is -2.44. The Morgan fingerprint density at radius 1 is 1.29 bits per heavy atom. The number of rotatable bonds is 4. The molecule has 1 aliphatic heterocycles. The third kappa shape index (κ3) is 3.90. The molecular weight excluding hydrogens is 333 g/mol. The van der Waals surface area contributed by atoms with Crippen molar-refractivity contribution in [2.75, 3.05) is 31.6 Å². The summed E-state index contributed by atoms with van der Waals surface area (Å²) in [7, 11) is 0. The summed E-state index contributed by atoms with van der Waals surface area (Å²) in [5.41, 5.74) is 1.02. The maximum atomic E-state index is 13.6. The van der Waals surface area contributed by atoms with Crippen molar-refractivity contribution in [2.45, 2.75) is 6.04 Å². The number of carbonyl (C=O) groups is 1. The first-order valence-corrected chi connectivity index (χ1v) is 8.01. The van der Waals surface area contributed by atoms with Crippen molar-refractivity contribution in [1.82, 2.24) is 9.88 Å². The number of ether oxygens (including phenoxy) is 1. The number of aromatic nitrogens is 1. The second kappa shape index (κ2) is 7.70. The summed E-state index contributed by atoms with van der Waals surface area (Å²) in [4.78, 5) is 18.8. The first-order valence-electron chi connectivity index (χ1n) is 7.64. The molecule has 5 nitrogen and oxygen atoms in total. The largest absolute Gasteiger partial charge is 0.379 e. The van der Waals surface area contributed by atoms with Crippen LogP contribution in [0, 0.1) is 5.82 Å². The molecule has 7 heteroatoms. The minimum Gasteiger partial charge on any atom is -0.379 e. The number of morpholine rings is 1. The minimum atomic E-state index is -0.624. The standard InChI is InChI=1S/C17H17ClFN3O2/c18-16-14(5-2-6-20-16)21-17(23)15(22-7-9-24-10-8-22)12-3-1-4-13(19)11-12/h1-6,11,15H,7-10H2,(H,21,23)/t15-/m0/s1. The lowest BCUT2D eigenvalue weighted by atomic mass is 10.0. The molecule has 0 saturated carbocycles. The van der Waals surface area contributed by atoms with E-state index >= 15 is 0 Å². The highest BCUT2D eigenvalue weighted by Gasteiger charge is 2.29. The number of benzene rings is 1. The van der Waals surface area contributed by atoms with Gasteiger partial charge in [-0.15, -0.1) is 0 Å². The highest BCUT2D eigenvalue weighted by atomic mass is 35.5. The molecule has 0 aliphatic carbocycles. The number of amides is 1. The fourth-order valence-corrected chi connectivity index (χ4v) is 2.89. The Balaban J connectivity index is 1.88. The van der Waals surface area contributed by atoms with E-state index < -0.39 is 6.04 Å². The molecule has 2 heterocycles. The van der Waals surface area contributed by atoms with Gasteiger partial charge in [-0.3, -0.25) is 9.69 Å². The van der Waals surface area contributed by atoms with Crippen LogP contribution < -0.4 is 5.32 Å². The fourth-order valence-electron chi connectivity index (χ4n) is 2.72. The predicted octanol–water partition coefficient (Wildman–Crippen LogP) is 2.89. The molecule has 1 aliphatic rings. The summed E-state index contributed by atoms with van der Waals surface area (Å²) in [6.07, 6.45) is 1.55. The average Bonchev–Trinajstić information content (AvgIpc) is 2.58. The van der Waals surface area contributed by atoms with Crippen molar-refractivity contribution >= 4 is 23.2 Å². The van der Waals surface area contributed by atoms with Gasteiger partial charge in [0.2, 0.25) is 5.91 Å². The third-order valence-corrected chi connectivity index (χ3v) is 4.14. The smallest absolute Gasteiger partial charge is 0.246 e. The van der Waals surface area contributed by atoms with Gasteiger partial charge >= 0.3 is 0 Å². The zero-order valence-electron chi connectivity index (χ0n) is 12.9. The van der Waals surface area contributed by atoms with Crippen LogP contribution >= 0.6 is 11.6 Å². The zero-order valence-corrected chi connectivity index (χ0v) is 13.7. The molecule has 0 unspecified atom stereocenters. The minimum absolute atomic E-state index is 0.214. The number of carbonyl (C=O) groups excluding carboxylic acids is 1.